The fraction of sp³-hybridized carbons (Fsp3) is 0.105. The summed E-state index contributed by atoms with van der Waals surface area (Å²) in [5, 5.41) is 4.57. The maximum absolute atomic E-state index is 13.2. The molecule has 24 heavy (non-hydrogen) atoms. The second-order valence-corrected chi connectivity index (χ2v) is 5.39. The highest BCUT2D eigenvalue weighted by molar-refractivity contribution is 5.94. The van der Waals surface area contributed by atoms with Crippen molar-refractivity contribution in [3.05, 3.63) is 72.3 Å². The molecule has 0 heterocycles. The molecular formula is C19H15F2NO2. The summed E-state index contributed by atoms with van der Waals surface area (Å²) in [6.07, 6.45) is -0.792. The number of benzene rings is 3. The van der Waals surface area contributed by atoms with E-state index >= 15 is 0 Å². The van der Waals surface area contributed by atoms with Crippen molar-refractivity contribution in [3.8, 4) is 5.75 Å². The van der Waals surface area contributed by atoms with E-state index in [0.717, 1.165) is 22.9 Å². The molecule has 0 radical (unpaired) electrons. The highest BCUT2D eigenvalue weighted by Crippen LogP contribution is 2.22. The average molecular weight is 327 g/mol. The molecule has 1 amide bonds. The molecule has 0 fully saturated rings. The molecule has 0 aromatic heterocycles. The van der Waals surface area contributed by atoms with Crippen molar-refractivity contribution in [1.82, 2.24) is 0 Å². The maximum Gasteiger partial charge on any atom is 0.265 e. The van der Waals surface area contributed by atoms with E-state index in [-0.39, 0.29) is 5.69 Å². The Labute approximate surface area is 137 Å². The van der Waals surface area contributed by atoms with Gasteiger partial charge in [0.1, 0.15) is 5.75 Å². The van der Waals surface area contributed by atoms with E-state index in [2.05, 4.69) is 5.32 Å². The summed E-state index contributed by atoms with van der Waals surface area (Å²) >= 11 is 0. The molecule has 3 nitrogen and oxygen atoms in total. The molecule has 1 atom stereocenters. The minimum Gasteiger partial charge on any atom is -0.481 e. The van der Waals surface area contributed by atoms with Gasteiger partial charge in [-0.25, -0.2) is 8.78 Å². The van der Waals surface area contributed by atoms with Crippen LogP contribution in [-0.2, 0) is 4.79 Å². The second-order valence-electron chi connectivity index (χ2n) is 5.39. The summed E-state index contributed by atoms with van der Waals surface area (Å²) in [5.74, 6) is -1.87. The quantitative estimate of drug-likeness (QED) is 0.765. The predicted octanol–water partition coefficient (Wildman–Crippen LogP) is 4.52. The van der Waals surface area contributed by atoms with Gasteiger partial charge in [0.05, 0.1) is 0 Å². The number of nitrogens with one attached hydrogen (secondary N) is 1. The number of anilines is 1. The standard InChI is InChI=1S/C19H15F2NO2/c1-12(19(23)22-15-7-9-17(20)18(21)11-15)24-16-8-6-13-4-2-3-5-14(13)10-16/h2-12H,1H3,(H,22,23)/t12-/m0/s1. The molecule has 0 saturated carbocycles. The fourth-order valence-electron chi connectivity index (χ4n) is 2.32. The zero-order valence-electron chi connectivity index (χ0n) is 12.9. The van der Waals surface area contributed by atoms with Crippen LogP contribution in [0.5, 0.6) is 5.75 Å². The van der Waals surface area contributed by atoms with Crippen molar-refractivity contribution in [3.63, 3.8) is 0 Å². The van der Waals surface area contributed by atoms with E-state index in [9.17, 15) is 13.6 Å². The molecule has 0 saturated heterocycles. The first kappa shape index (κ1) is 15.9. The lowest BCUT2D eigenvalue weighted by atomic mass is 10.1. The van der Waals surface area contributed by atoms with Gasteiger partial charge in [0.2, 0.25) is 0 Å². The van der Waals surface area contributed by atoms with Gasteiger partial charge in [0.15, 0.2) is 17.7 Å². The summed E-state index contributed by atoms with van der Waals surface area (Å²) in [4.78, 5) is 12.1. The normalized spacial score (nSPS) is 12.0. The molecule has 0 spiro atoms. The predicted molar refractivity (Wildman–Crippen MR) is 89.0 cm³/mol. The highest BCUT2D eigenvalue weighted by Gasteiger charge is 2.16. The molecule has 3 aromatic carbocycles. The summed E-state index contributed by atoms with van der Waals surface area (Å²) in [6.45, 7) is 1.59. The van der Waals surface area contributed by atoms with Gasteiger partial charge in [0, 0.05) is 11.8 Å². The van der Waals surface area contributed by atoms with Crippen LogP contribution in [0.4, 0.5) is 14.5 Å². The molecule has 0 unspecified atom stereocenters. The molecule has 3 rings (SSSR count). The number of rotatable bonds is 4. The zero-order valence-corrected chi connectivity index (χ0v) is 12.9. The van der Waals surface area contributed by atoms with Crippen LogP contribution < -0.4 is 10.1 Å². The van der Waals surface area contributed by atoms with Crippen LogP contribution in [0.2, 0.25) is 0 Å². The van der Waals surface area contributed by atoms with Gasteiger partial charge < -0.3 is 10.1 Å². The Bertz CT molecular complexity index is 895. The van der Waals surface area contributed by atoms with Crippen molar-refractivity contribution < 1.29 is 18.3 Å². The number of fused-ring (bicyclic) bond motifs is 1. The van der Waals surface area contributed by atoms with Gasteiger partial charge in [-0.2, -0.15) is 0 Å². The van der Waals surface area contributed by atoms with E-state index in [4.69, 9.17) is 4.74 Å². The van der Waals surface area contributed by atoms with Crippen molar-refractivity contribution >= 4 is 22.4 Å². The Kier molecular flexibility index (Phi) is 4.42. The van der Waals surface area contributed by atoms with Gasteiger partial charge in [-0.15, -0.1) is 0 Å². The Hall–Kier alpha value is -2.95. The summed E-state index contributed by atoms with van der Waals surface area (Å²) < 4.78 is 31.7. The maximum atomic E-state index is 13.2. The number of ether oxygens (including phenoxy) is 1. The zero-order chi connectivity index (χ0) is 17.1. The minimum absolute atomic E-state index is 0.174. The third-order valence-corrected chi connectivity index (χ3v) is 3.59. The first-order chi connectivity index (χ1) is 11.5. The number of hydrogen-bond donors (Lipinski definition) is 1. The van der Waals surface area contributed by atoms with Crippen molar-refractivity contribution in [1.29, 1.82) is 0 Å². The Balaban J connectivity index is 1.69. The monoisotopic (exact) mass is 327 g/mol. The van der Waals surface area contributed by atoms with Crippen LogP contribution >= 0.6 is 0 Å². The van der Waals surface area contributed by atoms with E-state index in [1.165, 1.54) is 6.07 Å². The van der Waals surface area contributed by atoms with Gasteiger partial charge in [-0.1, -0.05) is 30.3 Å². The number of carbonyl (C=O) groups excluding carboxylic acids is 1. The highest BCUT2D eigenvalue weighted by atomic mass is 19.2. The first-order valence-electron chi connectivity index (χ1n) is 7.44. The molecule has 5 heteroatoms. The number of carbonyl (C=O) groups is 1. The van der Waals surface area contributed by atoms with Crippen LogP contribution in [0.25, 0.3) is 10.8 Å². The molecule has 0 aliphatic heterocycles. The van der Waals surface area contributed by atoms with Gasteiger partial charge >= 0.3 is 0 Å². The summed E-state index contributed by atoms with van der Waals surface area (Å²) in [6, 6.07) is 16.5. The molecule has 0 aliphatic rings. The topological polar surface area (TPSA) is 38.3 Å². The smallest absolute Gasteiger partial charge is 0.265 e. The van der Waals surface area contributed by atoms with Gasteiger partial charge in [-0.05, 0) is 42.0 Å². The summed E-state index contributed by atoms with van der Waals surface area (Å²) in [7, 11) is 0. The van der Waals surface area contributed by atoms with Crippen LogP contribution in [0.3, 0.4) is 0 Å². The summed E-state index contributed by atoms with van der Waals surface area (Å²) in [5.41, 5.74) is 0.174. The lowest BCUT2D eigenvalue weighted by Crippen LogP contribution is -2.30. The van der Waals surface area contributed by atoms with Crippen LogP contribution in [-0.4, -0.2) is 12.0 Å². The van der Waals surface area contributed by atoms with E-state index in [0.29, 0.717) is 5.75 Å². The number of amides is 1. The van der Waals surface area contributed by atoms with Crippen molar-refractivity contribution in [2.24, 2.45) is 0 Å². The van der Waals surface area contributed by atoms with Gasteiger partial charge in [-0.3, -0.25) is 4.79 Å². The molecule has 122 valence electrons. The van der Waals surface area contributed by atoms with Crippen LogP contribution in [0.1, 0.15) is 6.92 Å². The Morgan fingerprint density at radius 2 is 1.71 bits per heavy atom. The van der Waals surface area contributed by atoms with Crippen molar-refractivity contribution in [2.75, 3.05) is 5.32 Å². The fourth-order valence-corrected chi connectivity index (χ4v) is 2.32. The van der Waals surface area contributed by atoms with E-state index < -0.39 is 23.6 Å². The largest absolute Gasteiger partial charge is 0.481 e. The number of halogens is 2. The van der Waals surface area contributed by atoms with Crippen LogP contribution in [0, 0.1) is 11.6 Å². The molecule has 3 aromatic rings. The number of hydrogen-bond acceptors (Lipinski definition) is 2. The third-order valence-electron chi connectivity index (χ3n) is 3.59. The molecule has 1 N–H and O–H groups in total. The SMILES string of the molecule is C[C@H](Oc1ccc2ccccc2c1)C(=O)Nc1ccc(F)c(F)c1. The molecule has 0 aliphatic carbocycles. The second kappa shape index (κ2) is 6.66. The lowest BCUT2D eigenvalue weighted by Gasteiger charge is -2.15. The van der Waals surface area contributed by atoms with Crippen molar-refractivity contribution in [2.45, 2.75) is 13.0 Å². The van der Waals surface area contributed by atoms with Crippen LogP contribution in [0.15, 0.2) is 60.7 Å². The molecular weight excluding hydrogens is 312 g/mol. The van der Waals surface area contributed by atoms with E-state index in [1.54, 1.807) is 13.0 Å². The third kappa shape index (κ3) is 3.51. The molecule has 0 bridgehead atoms. The Morgan fingerprint density at radius 3 is 2.46 bits per heavy atom. The average Bonchev–Trinajstić information content (AvgIpc) is 2.58. The van der Waals surface area contributed by atoms with Gasteiger partial charge in [0.25, 0.3) is 5.91 Å². The Morgan fingerprint density at radius 1 is 0.958 bits per heavy atom. The lowest BCUT2D eigenvalue weighted by molar-refractivity contribution is -0.122. The van der Waals surface area contributed by atoms with E-state index in [1.807, 2.05) is 36.4 Å². The first-order valence-corrected chi connectivity index (χ1v) is 7.44. The minimum atomic E-state index is -1.02.